The van der Waals surface area contributed by atoms with Crippen LogP contribution < -0.4 is 0 Å². The summed E-state index contributed by atoms with van der Waals surface area (Å²) in [6, 6.07) is 0. The van der Waals surface area contributed by atoms with Crippen molar-refractivity contribution in [2.75, 3.05) is 19.8 Å². The fraction of sp³-hybridized carbons (Fsp3) is 0.964. The van der Waals surface area contributed by atoms with E-state index < -0.39 is 5.60 Å². The molecule has 0 aliphatic heterocycles. The third-order valence-electron chi connectivity index (χ3n) is 5.78. The Bertz CT molecular complexity index is 432. The lowest BCUT2D eigenvalue weighted by molar-refractivity contribution is -0.155. The van der Waals surface area contributed by atoms with E-state index in [2.05, 4.69) is 13.8 Å². The van der Waals surface area contributed by atoms with Gasteiger partial charge in [0, 0.05) is 13.0 Å². The molecule has 1 unspecified atom stereocenters. The topological polar surface area (TPSA) is 65.0 Å². The Morgan fingerprint density at radius 3 is 1.85 bits per heavy atom. The highest BCUT2D eigenvalue weighted by molar-refractivity contribution is 5.69. The molecular weight excluding hydrogens is 416 g/mol. The van der Waals surface area contributed by atoms with E-state index in [9.17, 15) is 9.90 Å². The van der Waals surface area contributed by atoms with Gasteiger partial charge >= 0.3 is 5.97 Å². The third-order valence-corrected chi connectivity index (χ3v) is 5.78. The minimum Gasteiger partial charge on any atom is -0.460 e. The van der Waals surface area contributed by atoms with Crippen molar-refractivity contribution in [2.24, 2.45) is 0 Å². The molecule has 1 N–H and O–H groups in total. The van der Waals surface area contributed by atoms with Crippen LogP contribution in [0.1, 0.15) is 137 Å². The molecule has 0 spiro atoms. The molecule has 0 aromatic heterocycles. The molecule has 0 bridgehead atoms. The number of esters is 1. The first-order valence-corrected chi connectivity index (χ1v) is 13.8. The van der Waals surface area contributed by atoms with Crippen molar-refractivity contribution in [3.8, 4) is 0 Å². The largest absolute Gasteiger partial charge is 0.460 e. The zero-order valence-corrected chi connectivity index (χ0v) is 22.7. The van der Waals surface area contributed by atoms with Crippen molar-refractivity contribution >= 4 is 5.97 Å². The predicted molar refractivity (Wildman–Crippen MR) is 138 cm³/mol. The minimum atomic E-state index is -0.434. The van der Waals surface area contributed by atoms with Crippen molar-refractivity contribution in [1.29, 1.82) is 0 Å². The summed E-state index contributed by atoms with van der Waals surface area (Å²) in [5.41, 5.74) is -0.434. The quantitative estimate of drug-likeness (QED) is 0.124. The van der Waals surface area contributed by atoms with Crippen LogP contribution in [0.4, 0.5) is 0 Å². The molecule has 2 atom stereocenters. The van der Waals surface area contributed by atoms with Crippen molar-refractivity contribution < 1.29 is 24.1 Å². The molecule has 0 aliphatic carbocycles. The molecule has 0 aliphatic rings. The fourth-order valence-corrected chi connectivity index (χ4v) is 3.80. The van der Waals surface area contributed by atoms with Gasteiger partial charge in [-0.1, -0.05) is 84.0 Å². The predicted octanol–water partition coefficient (Wildman–Crippen LogP) is 7.37. The van der Waals surface area contributed by atoms with Gasteiger partial charge in [-0.05, 0) is 47.0 Å². The van der Waals surface area contributed by atoms with Gasteiger partial charge in [0.25, 0.3) is 0 Å². The Labute approximate surface area is 205 Å². The van der Waals surface area contributed by atoms with E-state index in [0.29, 0.717) is 19.6 Å². The van der Waals surface area contributed by atoms with Gasteiger partial charge in [-0.15, -0.1) is 0 Å². The molecule has 198 valence electrons. The number of ether oxygens (including phenoxy) is 3. The van der Waals surface area contributed by atoms with Crippen molar-refractivity contribution in [2.45, 2.75) is 155 Å². The summed E-state index contributed by atoms with van der Waals surface area (Å²) in [6.07, 6.45) is 19.2. The number of carbonyl (C=O) groups excluding carboxylic acids is 1. The Morgan fingerprint density at radius 2 is 1.33 bits per heavy atom. The van der Waals surface area contributed by atoms with Gasteiger partial charge in [-0.2, -0.15) is 0 Å². The van der Waals surface area contributed by atoms with Gasteiger partial charge < -0.3 is 19.3 Å². The van der Waals surface area contributed by atoms with E-state index in [4.69, 9.17) is 14.2 Å². The van der Waals surface area contributed by atoms with Crippen LogP contribution >= 0.6 is 0 Å². The highest BCUT2D eigenvalue weighted by Gasteiger charge is 2.16. The summed E-state index contributed by atoms with van der Waals surface area (Å²) in [4.78, 5) is 11.7. The number of hydrogen-bond acceptors (Lipinski definition) is 5. The van der Waals surface area contributed by atoms with Gasteiger partial charge in [0.05, 0.1) is 19.3 Å². The zero-order valence-electron chi connectivity index (χ0n) is 22.7. The highest BCUT2D eigenvalue weighted by Crippen LogP contribution is 2.14. The molecule has 0 saturated heterocycles. The molecule has 33 heavy (non-hydrogen) atoms. The lowest BCUT2D eigenvalue weighted by atomic mass is 10.0. The van der Waals surface area contributed by atoms with E-state index in [0.717, 1.165) is 19.3 Å². The van der Waals surface area contributed by atoms with Crippen molar-refractivity contribution in [3.63, 3.8) is 0 Å². The Kier molecular flexibility index (Phi) is 21.4. The highest BCUT2D eigenvalue weighted by atomic mass is 16.6. The van der Waals surface area contributed by atoms with Gasteiger partial charge in [-0.3, -0.25) is 4.79 Å². The maximum absolute atomic E-state index is 11.7. The van der Waals surface area contributed by atoms with Crippen LogP contribution in [-0.2, 0) is 19.0 Å². The van der Waals surface area contributed by atoms with Gasteiger partial charge in [-0.25, -0.2) is 0 Å². The summed E-state index contributed by atoms with van der Waals surface area (Å²) in [6.45, 7) is 10.9. The van der Waals surface area contributed by atoms with Crippen LogP contribution in [0.25, 0.3) is 0 Å². The second-order valence-electron chi connectivity index (χ2n) is 10.5. The number of rotatable bonds is 23. The van der Waals surface area contributed by atoms with E-state index in [1.807, 2.05) is 20.8 Å². The average molecular weight is 473 g/mol. The van der Waals surface area contributed by atoms with Crippen molar-refractivity contribution in [1.82, 2.24) is 0 Å². The molecule has 0 amide bonds. The summed E-state index contributed by atoms with van der Waals surface area (Å²) >= 11 is 0. The van der Waals surface area contributed by atoms with Gasteiger partial charge in [0.1, 0.15) is 11.7 Å². The molecule has 0 rings (SSSR count). The maximum Gasteiger partial charge on any atom is 0.306 e. The number of hydrogen-bond donors (Lipinski definition) is 1. The number of unbranched alkanes of at least 4 members (excludes halogenated alkanes) is 12. The third kappa shape index (κ3) is 24.3. The zero-order chi connectivity index (χ0) is 24.8. The monoisotopic (exact) mass is 472 g/mol. The standard InChI is InChI=1S/C28H56O5/c1-6-7-8-9-10-11-12-13-14-15-16-17-20-25(2)32-24-26(23-29)31-22-19-18-21-27(30)33-28(3,4)5/h25-26,29H,6-24H2,1-5H3/t25?,26-/m0/s1. The first-order chi connectivity index (χ1) is 15.8. The van der Waals surface area contributed by atoms with E-state index >= 15 is 0 Å². The Morgan fingerprint density at radius 1 is 0.788 bits per heavy atom. The summed E-state index contributed by atoms with van der Waals surface area (Å²) in [7, 11) is 0. The summed E-state index contributed by atoms with van der Waals surface area (Å²) in [5.74, 6) is -0.170. The van der Waals surface area contributed by atoms with Crippen LogP contribution in [-0.4, -0.2) is 48.7 Å². The SMILES string of the molecule is CCCCCCCCCCCCCCC(C)OC[C@H](CO)OCCCCC(=O)OC(C)(C)C. The van der Waals surface area contributed by atoms with Crippen LogP contribution in [0.15, 0.2) is 0 Å². The molecule has 0 saturated carbocycles. The molecule has 0 heterocycles. The summed E-state index contributed by atoms with van der Waals surface area (Å²) < 4.78 is 16.9. The van der Waals surface area contributed by atoms with E-state index in [1.54, 1.807) is 0 Å². The molecule has 0 fully saturated rings. The molecule has 5 nitrogen and oxygen atoms in total. The first-order valence-electron chi connectivity index (χ1n) is 13.8. The van der Waals surface area contributed by atoms with Crippen molar-refractivity contribution in [3.05, 3.63) is 0 Å². The Hall–Kier alpha value is -0.650. The van der Waals surface area contributed by atoms with Gasteiger partial charge in [0.15, 0.2) is 0 Å². The average Bonchev–Trinajstić information content (AvgIpc) is 2.75. The lowest BCUT2D eigenvalue weighted by Gasteiger charge is -2.20. The first kappa shape index (κ1) is 32.4. The smallest absolute Gasteiger partial charge is 0.306 e. The molecular formula is C28H56O5. The number of aliphatic hydroxyl groups excluding tert-OH is 1. The lowest BCUT2D eigenvalue weighted by Crippen LogP contribution is -2.27. The second-order valence-corrected chi connectivity index (χ2v) is 10.5. The van der Waals surface area contributed by atoms with Crippen LogP contribution in [0, 0.1) is 0 Å². The van der Waals surface area contributed by atoms with E-state index in [1.165, 1.54) is 77.0 Å². The maximum atomic E-state index is 11.7. The fourth-order valence-electron chi connectivity index (χ4n) is 3.80. The minimum absolute atomic E-state index is 0.0443. The molecule has 0 aromatic rings. The van der Waals surface area contributed by atoms with Crippen LogP contribution in [0.3, 0.4) is 0 Å². The second kappa shape index (κ2) is 21.9. The van der Waals surface area contributed by atoms with Crippen LogP contribution in [0.5, 0.6) is 0 Å². The molecule has 0 aromatic carbocycles. The van der Waals surface area contributed by atoms with Gasteiger partial charge in [0.2, 0.25) is 0 Å². The number of aliphatic hydroxyl groups is 1. The molecule has 0 radical (unpaired) electrons. The Balaban J connectivity index is 3.55. The summed E-state index contributed by atoms with van der Waals surface area (Å²) in [5, 5.41) is 9.52. The number of carbonyl (C=O) groups is 1. The molecule has 5 heteroatoms. The normalized spacial score (nSPS) is 13.8. The van der Waals surface area contributed by atoms with E-state index in [-0.39, 0.29) is 24.8 Å². The van der Waals surface area contributed by atoms with Crippen LogP contribution in [0.2, 0.25) is 0 Å².